The van der Waals surface area contributed by atoms with E-state index in [2.05, 4.69) is 5.32 Å². The number of carboxylic acid groups (broad SMARTS) is 1. The van der Waals surface area contributed by atoms with Crippen molar-refractivity contribution in [3.05, 3.63) is 95.6 Å². The molecule has 35 heavy (non-hydrogen) atoms. The summed E-state index contributed by atoms with van der Waals surface area (Å²) in [4.78, 5) is 37.2. The fourth-order valence-electron chi connectivity index (χ4n) is 4.48. The van der Waals surface area contributed by atoms with Gasteiger partial charge in [-0.2, -0.15) is 0 Å². The van der Waals surface area contributed by atoms with Gasteiger partial charge >= 0.3 is 18.0 Å². The quantitative estimate of drug-likeness (QED) is 0.435. The smallest absolute Gasteiger partial charge is 0.407 e. The van der Waals surface area contributed by atoms with E-state index in [1.165, 1.54) is 0 Å². The molecule has 0 saturated heterocycles. The number of esters is 1. The van der Waals surface area contributed by atoms with Crippen LogP contribution < -0.4 is 5.32 Å². The van der Waals surface area contributed by atoms with Crippen molar-refractivity contribution >= 4 is 18.0 Å². The van der Waals surface area contributed by atoms with Gasteiger partial charge in [0, 0.05) is 5.92 Å². The second kappa shape index (κ2) is 10.9. The fraction of sp³-hybridized carbons (Fsp3) is 0.250. The zero-order valence-electron chi connectivity index (χ0n) is 19.3. The molecule has 4 rings (SSSR count). The molecule has 0 aromatic heterocycles. The van der Waals surface area contributed by atoms with Crippen molar-refractivity contribution in [2.45, 2.75) is 31.9 Å². The van der Waals surface area contributed by atoms with Crippen molar-refractivity contribution in [3.8, 4) is 11.1 Å². The van der Waals surface area contributed by atoms with Crippen LogP contribution in [0.3, 0.4) is 0 Å². The maximum atomic E-state index is 12.6. The molecule has 7 nitrogen and oxygen atoms in total. The second-order valence-corrected chi connectivity index (χ2v) is 8.39. The van der Waals surface area contributed by atoms with Gasteiger partial charge in [0.15, 0.2) is 0 Å². The first-order chi connectivity index (χ1) is 17.0. The van der Waals surface area contributed by atoms with Gasteiger partial charge in [-0.3, -0.25) is 4.79 Å². The minimum absolute atomic E-state index is 0.0213. The maximum absolute atomic E-state index is 12.6. The van der Waals surface area contributed by atoms with Crippen LogP contribution in [0.4, 0.5) is 4.79 Å². The summed E-state index contributed by atoms with van der Waals surface area (Å²) >= 11 is 0. The lowest BCUT2D eigenvalue weighted by atomic mass is 9.97. The predicted octanol–water partition coefficient (Wildman–Crippen LogP) is 4.75. The number of amides is 1. The first-order valence-electron chi connectivity index (χ1n) is 11.5. The molecule has 0 aliphatic heterocycles. The van der Waals surface area contributed by atoms with Gasteiger partial charge in [-0.15, -0.1) is 0 Å². The lowest BCUT2D eigenvalue weighted by Gasteiger charge is -2.23. The number of ether oxygens (including phenoxy) is 2. The monoisotopic (exact) mass is 473 g/mol. The second-order valence-electron chi connectivity index (χ2n) is 8.39. The molecule has 3 aromatic rings. The average Bonchev–Trinajstić information content (AvgIpc) is 3.20. The fourth-order valence-corrected chi connectivity index (χ4v) is 4.48. The average molecular weight is 474 g/mol. The highest BCUT2D eigenvalue weighted by Crippen LogP contribution is 2.44. The van der Waals surface area contributed by atoms with Crippen molar-refractivity contribution in [2.24, 2.45) is 5.92 Å². The van der Waals surface area contributed by atoms with E-state index < -0.39 is 30.0 Å². The molecule has 180 valence electrons. The number of aliphatic carboxylic acids is 1. The van der Waals surface area contributed by atoms with Crippen molar-refractivity contribution in [1.82, 2.24) is 5.32 Å². The third kappa shape index (κ3) is 5.35. The number of alkyl carbamates (subject to hydrolysis) is 1. The largest absolute Gasteiger partial charge is 0.480 e. The number of rotatable bonds is 9. The summed E-state index contributed by atoms with van der Waals surface area (Å²) in [6, 6.07) is 23.5. The molecule has 7 heteroatoms. The molecule has 1 aliphatic carbocycles. The first-order valence-corrected chi connectivity index (χ1v) is 11.5. The molecular weight excluding hydrogens is 446 g/mol. The summed E-state index contributed by atoms with van der Waals surface area (Å²) in [6.45, 7) is 1.73. The maximum Gasteiger partial charge on any atom is 0.407 e. The number of hydrogen-bond donors (Lipinski definition) is 2. The lowest BCUT2D eigenvalue weighted by Crippen LogP contribution is -2.49. The molecule has 1 aliphatic rings. The summed E-state index contributed by atoms with van der Waals surface area (Å²) in [6.07, 6.45) is -0.720. The Morgan fingerprint density at radius 2 is 1.43 bits per heavy atom. The molecule has 1 unspecified atom stereocenters. The SMILES string of the molecule is CCC(C(=O)OCc1ccccc1)[C@@H](NC(=O)OCC1c2ccccc2-c2ccccc21)C(=O)O. The Labute approximate surface area is 203 Å². The Hall–Kier alpha value is -4.13. The summed E-state index contributed by atoms with van der Waals surface area (Å²) in [7, 11) is 0. The predicted molar refractivity (Wildman–Crippen MR) is 130 cm³/mol. The molecule has 0 fully saturated rings. The summed E-state index contributed by atoms with van der Waals surface area (Å²) in [5.74, 6) is -3.24. The number of carboxylic acids is 1. The third-order valence-electron chi connectivity index (χ3n) is 6.25. The Kier molecular flexibility index (Phi) is 7.45. The van der Waals surface area contributed by atoms with Gasteiger partial charge in [0.2, 0.25) is 0 Å². The van der Waals surface area contributed by atoms with Crippen LogP contribution in [-0.2, 0) is 25.7 Å². The molecule has 0 spiro atoms. The van der Waals surface area contributed by atoms with Crippen LogP contribution in [0.25, 0.3) is 11.1 Å². The minimum atomic E-state index is -1.47. The van der Waals surface area contributed by atoms with Crippen LogP contribution in [-0.4, -0.2) is 35.8 Å². The Morgan fingerprint density at radius 3 is 2.00 bits per heavy atom. The van der Waals surface area contributed by atoms with Crippen molar-refractivity contribution in [3.63, 3.8) is 0 Å². The van der Waals surface area contributed by atoms with E-state index in [0.29, 0.717) is 0 Å². The standard InChI is InChI=1S/C28H27NO6/c1-2-19(27(32)34-16-18-10-4-3-5-11-18)25(26(30)31)29-28(33)35-17-24-22-14-8-6-12-20(22)21-13-7-9-15-23(21)24/h3-15,19,24-25H,2,16-17H2,1H3,(H,29,33)(H,30,31)/t19?,25-/m1/s1. The molecular formula is C28H27NO6. The van der Waals surface area contributed by atoms with Crippen molar-refractivity contribution in [1.29, 1.82) is 0 Å². The lowest BCUT2D eigenvalue weighted by molar-refractivity contribution is -0.156. The van der Waals surface area contributed by atoms with E-state index >= 15 is 0 Å². The molecule has 2 N–H and O–H groups in total. The molecule has 0 bridgehead atoms. The third-order valence-corrected chi connectivity index (χ3v) is 6.25. The number of fused-ring (bicyclic) bond motifs is 3. The van der Waals surface area contributed by atoms with Crippen LogP contribution in [0.15, 0.2) is 78.9 Å². The van der Waals surface area contributed by atoms with E-state index in [1.54, 1.807) is 19.1 Å². The van der Waals surface area contributed by atoms with E-state index in [0.717, 1.165) is 27.8 Å². The van der Waals surface area contributed by atoms with Gasteiger partial charge in [-0.05, 0) is 34.2 Å². The van der Waals surface area contributed by atoms with Gasteiger partial charge in [0.1, 0.15) is 19.3 Å². The normalized spacial score (nSPS) is 13.7. The zero-order chi connectivity index (χ0) is 24.8. The number of carbonyl (C=O) groups excluding carboxylic acids is 2. The summed E-state index contributed by atoms with van der Waals surface area (Å²) < 4.78 is 10.8. The van der Waals surface area contributed by atoms with E-state index in [1.807, 2.05) is 66.7 Å². The highest BCUT2D eigenvalue weighted by molar-refractivity contribution is 5.87. The number of hydrogen-bond acceptors (Lipinski definition) is 5. The Balaban J connectivity index is 1.40. The molecule has 2 atom stereocenters. The number of nitrogens with one attached hydrogen (secondary N) is 1. The van der Waals surface area contributed by atoms with Gasteiger partial charge < -0.3 is 19.9 Å². The molecule has 3 aromatic carbocycles. The zero-order valence-corrected chi connectivity index (χ0v) is 19.3. The molecule has 0 heterocycles. The van der Waals surface area contributed by atoms with Crippen LogP contribution in [0, 0.1) is 5.92 Å². The van der Waals surface area contributed by atoms with E-state index in [9.17, 15) is 19.5 Å². The van der Waals surface area contributed by atoms with Crippen LogP contribution in [0.5, 0.6) is 0 Å². The summed E-state index contributed by atoms with van der Waals surface area (Å²) in [5.41, 5.74) is 5.06. The van der Waals surface area contributed by atoms with Gasteiger partial charge in [0.25, 0.3) is 0 Å². The first kappa shape index (κ1) is 24.0. The van der Waals surface area contributed by atoms with Gasteiger partial charge in [-0.1, -0.05) is 85.8 Å². The van der Waals surface area contributed by atoms with Crippen LogP contribution in [0.2, 0.25) is 0 Å². The molecule has 0 saturated carbocycles. The highest BCUT2D eigenvalue weighted by Gasteiger charge is 2.36. The van der Waals surface area contributed by atoms with Gasteiger partial charge in [0.05, 0.1) is 5.92 Å². The van der Waals surface area contributed by atoms with Crippen LogP contribution in [0.1, 0.15) is 36.0 Å². The van der Waals surface area contributed by atoms with Gasteiger partial charge in [-0.25, -0.2) is 9.59 Å². The number of benzene rings is 3. The molecule has 1 amide bonds. The summed E-state index contributed by atoms with van der Waals surface area (Å²) in [5, 5.41) is 12.1. The molecule has 0 radical (unpaired) electrons. The van der Waals surface area contributed by atoms with Crippen molar-refractivity contribution < 1.29 is 29.0 Å². The van der Waals surface area contributed by atoms with E-state index in [4.69, 9.17) is 9.47 Å². The Morgan fingerprint density at radius 1 is 0.857 bits per heavy atom. The van der Waals surface area contributed by atoms with E-state index in [-0.39, 0.29) is 25.6 Å². The topological polar surface area (TPSA) is 102 Å². The van der Waals surface area contributed by atoms with Crippen molar-refractivity contribution in [2.75, 3.05) is 6.61 Å². The van der Waals surface area contributed by atoms with Crippen LogP contribution >= 0.6 is 0 Å². The Bertz CT molecular complexity index is 1160. The minimum Gasteiger partial charge on any atom is -0.480 e. The number of carbonyl (C=O) groups is 3. The highest BCUT2D eigenvalue weighted by atomic mass is 16.6.